The molecule has 456 valence electrons. The third-order valence-corrected chi connectivity index (χ3v) is 22.7. The molecule has 8 aliphatic rings. The molecule has 6 fully saturated rings. The van der Waals surface area contributed by atoms with Crippen molar-refractivity contribution >= 4 is 92.9 Å². The molecule has 6 atom stereocenters. The number of fused-ring (bicyclic) bond motifs is 6. The molecule has 6 aliphatic carbocycles. The third-order valence-electron chi connectivity index (χ3n) is 21.7. The quantitative estimate of drug-likeness (QED) is 0.0990. The number of benzene rings is 2. The summed E-state index contributed by atoms with van der Waals surface area (Å²) in [5.41, 5.74) is 5.24. The van der Waals surface area contributed by atoms with E-state index < -0.39 is 62.9 Å². The number of nitrogens with two attached hydrogens (primary N) is 1. The van der Waals surface area contributed by atoms with Crippen LogP contribution in [0.3, 0.4) is 0 Å². The van der Waals surface area contributed by atoms with Crippen LogP contribution in [0.2, 0.25) is 20.4 Å². The lowest BCUT2D eigenvalue weighted by atomic mass is 9.51. The number of halogens is 6. The molecule has 0 saturated heterocycles. The van der Waals surface area contributed by atoms with Gasteiger partial charge in [0.25, 0.3) is 0 Å². The molecule has 5 N–H and O–H groups in total. The smallest absolute Gasteiger partial charge is 0.307 e. The number of carbonyl (C=O) groups is 6. The van der Waals surface area contributed by atoms with Crippen molar-refractivity contribution < 1.29 is 42.7 Å². The van der Waals surface area contributed by atoms with Gasteiger partial charge in [0, 0.05) is 88.7 Å². The maximum atomic E-state index is 16.0. The van der Waals surface area contributed by atoms with E-state index >= 15 is 8.78 Å². The Bertz CT molecular complexity index is 3310. The Labute approximate surface area is 517 Å². The van der Waals surface area contributed by atoms with Crippen LogP contribution in [0.1, 0.15) is 198 Å². The van der Waals surface area contributed by atoms with Gasteiger partial charge in [-0.1, -0.05) is 100 Å². The molecule has 12 rings (SSSR count). The number of carboxylic acids is 1. The fourth-order valence-corrected chi connectivity index (χ4v) is 17.8. The molecule has 2 aliphatic heterocycles. The summed E-state index contributed by atoms with van der Waals surface area (Å²) < 4.78 is 31.5. The van der Waals surface area contributed by atoms with Crippen molar-refractivity contribution in [2.45, 2.75) is 192 Å². The van der Waals surface area contributed by atoms with E-state index in [4.69, 9.17) is 52.1 Å². The fourth-order valence-electron chi connectivity index (χ4n) is 17.2. The zero-order valence-corrected chi connectivity index (χ0v) is 52.5. The van der Waals surface area contributed by atoms with E-state index in [1.54, 1.807) is 36.4 Å². The summed E-state index contributed by atoms with van der Waals surface area (Å²) >= 11 is 24.9. The molecule has 4 aromatic rings. The predicted molar refractivity (Wildman–Crippen MR) is 327 cm³/mol. The first-order valence-electron chi connectivity index (χ1n) is 30.6. The number of hydrogen-bond acceptors (Lipinski definition) is 9. The van der Waals surface area contributed by atoms with Crippen molar-refractivity contribution in [1.82, 2.24) is 9.97 Å². The van der Waals surface area contributed by atoms with Crippen LogP contribution in [0, 0.1) is 62.9 Å². The number of nitrogens with zero attached hydrogens (tertiary/aromatic N) is 2. The molecule has 0 bridgehead atoms. The van der Waals surface area contributed by atoms with Crippen molar-refractivity contribution in [3.63, 3.8) is 0 Å². The van der Waals surface area contributed by atoms with Gasteiger partial charge in [0.05, 0.1) is 16.7 Å². The number of carbonyl (C=O) groups excluding carboxylic acids is 5. The van der Waals surface area contributed by atoms with Crippen LogP contribution in [0.5, 0.6) is 0 Å². The second kappa shape index (κ2) is 23.9. The predicted octanol–water partition coefficient (Wildman–Crippen LogP) is 15.7. The van der Waals surface area contributed by atoms with E-state index in [1.807, 2.05) is 19.9 Å². The Morgan fingerprint density at radius 3 is 1.40 bits per heavy atom. The number of ketones is 3. The number of anilines is 2. The molecule has 2 amide bonds. The van der Waals surface area contributed by atoms with Crippen LogP contribution >= 0.6 is 46.4 Å². The Kier molecular flexibility index (Phi) is 17.8. The molecule has 0 unspecified atom stereocenters. The van der Waals surface area contributed by atoms with Gasteiger partial charge in [0.1, 0.15) is 17.3 Å². The first kappa shape index (κ1) is 63.2. The maximum absolute atomic E-state index is 16.0. The average molecular weight is 1250 g/mol. The number of pyridine rings is 2. The van der Waals surface area contributed by atoms with E-state index in [0.29, 0.717) is 76.8 Å². The molecule has 2 aromatic heterocycles. The van der Waals surface area contributed by atoms with Crippen molar-refractivity contribution in [2.75, 3.05) is 10.6 Å². The molecule has 2 aromatic carbocycles. The number of rotatable bonds is 12. The molecule has 0 radical (unpaired) electrons. The zero-order chi connectivity index (χ0) is 61.3. The molecular formula is C67H79Cl4F2N5O7. The number of carboxylic acid groups (broad SMARTS) is 1. The Morgan fingerprint density at radius 1 is 0.600 bits per heavy atom. The largest absolute Gasteiger partial charge is 0.481 e. The van der Waals surface area contributed by atoms with Gasteiger partial charge in [0.2, 0.25) is 11.8 Å². The summed E-state index contributed by atoms with van der Waals surface area (Å²) in [5.74, 6) is -4.91. The highest BCUT2D eigenvalue weighted by molar-refractivity contribution is 6.32. The highest BCUT2D eigenvalue weighted by Gasteiger charge is 2.74. The van der Waals surface area contributed by atoms with Crippen LogP contribution in [-0.2, 0) is 39.6 Å². The SMILES string of the molecule is CC1(C)CCC2(CC1)C[C@@H](C(=O)O)[C@H](c1ccnc(Cl)c1F)[C@]21C(=O)Nc2cc(Cl)ccc21.CCCC(=O)C1CC(CC(=O)[C@@H]2CC3(CCC(C)(C)CC3)[C@@]3(C(=O)Nc4cc(Cl)ccc43)[C@H]2c2ccnc(Cl)c2F)C1.CCCC(=O)C1CC(N)C1. The zero-order valence-electron chi connectivity index (χ0n) is 49.5. The molecule has 4 heterocycles. The number of amides is 2. The van der Waals surface area contributed by atoms with Crippen molar-refractivity contribution in [1.29, 1.82) is 0 Å². The lowest BCUT2D eigenvalue weighted by Crippen LogP contribution is -2.52. The van der Waals surface area contributed by atoms with Gasteiger partial charge in [-0.15, -0.1) is 0 Å². The second-order valence-electron chi connectivity index (χ2n) is 27.8. The molecule has 12 nitrogen and oxygen atoms in total. The summed E-state index contributed by atoms with van der Waals surface area (Å²) in [6, 6.07) is 14.0. The third kappa shape index (κ3) is 11.0. The van der Waals surface area contributed by atoms with E-state index in [0.717, 1.165) is 89.0 Å². The molecule has 4 spiro atoms. The normalized spacial score (nSPS) is 30.2. The number of Topliss-reactive ketones (excluding diaryl/α,β-unsaturated/α-hetero) is 3. The Morgan fingerprint density at radius 2 is 1.00 bits per heavy atom. The Balaban J connectivity index is 0.000000166. The number of nitrogens with one attached hydrogen (secondary N) is 2. The van der Waals surface area contributed by atoms with E-state index in [9.17, 15) is 33.9 Å². The van der Waals surface area contributed by atoms with Gasteiger partial charge in [-0.3, -0.25) is 28.8 Å². The van der Waals surface area contributed by atoms with Crippen molar-refractivity contribution in [3.8, 4) is 0 Å². The van der Waals surface area contributed by atoms with Crippen LogP contribution in [0.25, 0.3) is 0 Å². The van der Waals surface area contributed by atoms with Crippen molar-refractivity contribution in [2.24, 2.45) is 57.0 Å². The van der Waals surface area contributed by atoms with Crippen LogP contribution < -0.4 is 16.4 Å². The fraction of sp³-hybridized carbons (Fsp3) is 0.582. The minimum atomic E-state index is -1.25. The summed E-state index contributed by atoms with van der Waals surface area (Å²) in [4.78, 5) is 86.9. The molecule has 85 heavy (non-hydrogen) atoms. The summed E-state index contributed by atoms with van der Waals surface area (Å²) in [5, 5.41) is 16.8. The standard InChI is InChI=1S/C34H39Cl2FN2O3.C25H25Cl2FN2O3.C8H15NO/c1-4-5-26(40)20-14-19(15-20)16-27(41)23-18-33(11-9-32(2,3)10-12-33)34(28(23)22-8-13-38-30(36)29(22)37)24-7-6-21(35)17-25(24)39-31(34)42;1-23(2)6-8-24(9-7-23)12-15(21(31)32)18(14-5-10-29-20(27)19(14)28)25(24)16-4-3-13(26)11-17(16)30-22(25)33;1-2-3-8(10)6-4-7(9)5-6/h6-8,13,17,19-20,23,28H,4-5,9-12,14-16,18H2,1-3H3,(H,39,42);3-5,10-11,15,18H,6-9,12H2,1-2H3,(H,30,33)(H,31,32);6-7H,2-5,9H2,1H3/t19?,20?,23-,28-,34+;15-,18+,25-;/m01./s1. The average Bonchev–Trinajstić information content (AvgIpc) is 1.53. The monoisotopic (exact) mass is 1240 g/mol. The van der Waals surface area contributed by atoms with Crippen molar-refractivity contribution in [3.05, 3.63) is 115 Å². The van der Waals surface area contributed by atoms with E-state index in [-0.39, 0.29) is 73.9 Å². The van der Waals surface area contributed by atoms with Gasteiger partial charge in [-0.25, -0.2) is 18.7 Å². The Hall–Kier alpha value is -4.86. The highest BCUT2D eigenvalue weighted by Crippen LogP contribution is 2.74. The summed E-state index contributed by atoms with van der Waals surface area (Å²) in [7, 11) is 0. The van der Waals surface area contributed by atoms with Gasteiger partial charge in [-0.2, -0.15) is 0 Å². The lowest BCUT2D eigenvalue weighted by molar-refractivity contribution is -0.142. The van der Waals surface area contributed by atoms with Gasteiger partial charge < -0.3 is 21.5 Å². The van der Waals surface area contributed by atoms with Crippen LogP contribution in [0.15, 0.2) is 60.9 Å². The molecule has 6 saturated carbocycles. The highest BCUT2D eigenvalue weighted by atomic mass is 35.5. The van der Waals surface area contributed by atoms with Gasteiger partial charge in [0.15, 0.2) is 21.9 Å². The summed E-state index contributed by atoms with van der Waals surface area (Å²) in [6.07, 6.45) is 16.8. The number of hydrogen-bond donors (Lipinski definition) is 4. The maximum Gasteiger partial charge on any atom is 0.307 e. The first-order chi connectivity index (χ1) is 40.2. The van der Waals surface area contributed by atoms with Crippen LogP contribution in [-0.4, -0.2) is 56.2 Å². The van der Waals surface area contributed by atoms with Crippen LogP contribution in [0.4, 0.5) is 20.2 Å². The summed E-state index contributed by atoms with van der Waals surface area (Å²) in [6.45, 7) is 12.9. The van der Waals surface area contributed by atoms with E-state index in [2.05, 4.69) is 48.3 Å². The lowest BCUT2D eigenvalue weighted by Gasteiger charge is -2.51. The number of aromatic nitrogens is 2. The second-order valence-corrected chi connectivity index (χ2v) is 29.4. The minimum Gasteiger partial charge on any atom is -0.481 e. The molecular weight excluding hydrogens is 1170 g/mol. The first-order valence-corrected chi connectivity index (χ1v) is 32.1. The molecule has 18 heteroatoms. The number of aliphatic carboxylic acids is 1. The van der Waals surface area contributed by atoms with E-state index in [1.165, 1.54) is 18.5 Å². The minimum absolute atomic E-state index is 0.0362. The topological polar surface area (TPSA) is 199 Å². The van der Waals surface area contributed by atoms with Gasteiger partial charge >= 0.3 is 5.97 Å². The van der Waals surface area contributed by atoms with Gasteiger partial charge in [-0.05, 0) is 189 Å².